The number of carbonyl (C=O) groups is 3. The van der Waals surface area contributed by atoms with Crippen LogP contribution in [0, 0.1) is 0 Å². The Morgan fingerprint density at radius 2 is 1.41 bits per heavy atom. The first-order valence-electron chi connectivity index (χ1n) is 15.9. The number of primary amides is 2. The van der Waals surface area contributed by atoms with Gasteiger partial charge in [-0.3, -0.25) is 24.6 Å². The Kier molecular flexibility index (Phi) is 18.2. The predicted octanol–water partition coefficient (Wildman–Crippen LogP) is 1.76. The van der Waals surface area contributed by atoms with Crippen LogP contribution in [0.15, 0.2) is 75.4 Å². The minimum Gasteiger partial charge on any atom is -0.494 e. The molecule has 16 nitrogen and oxygen atoms in total. The Balaban J connectivity index is 2.32. The van der Waals surface area contributed by atoms with Gasteiger partial charge in [0.2, 0.25) is 11.8 Å². The fourth-order valence-electron chi connectivity index (χ4n) is 4.78. The molecule has 0 aromatic heterocycles. The molecule has 0 aliphatic heterocycles. The summed E-state index contributed by atoms with van der Waals surface area (Å²) in [5.41, 5.74) is 19.9. The van der Waals surface area contributed by atoms with Crippen molar-refractivity contribution >= 4 is 60.5 Å². The summed E-state index contributed by atoms with van der Waals surface area (Å²) in [7, 11) is 5.13. The van der Waals surface area contributed by atoms with Crippen molar-refractivity contribution in [3.05, 3.63) is 71.6 Å². The van der Waals surface area contributed by atoms with Crippen LogP contribution in [0.2, 0.25) is 0 Å². The number of aldehydes is 1. The number of nitrogens with zero attached hydrogens (tertiary/aromatic N) is 5. The second-order valence-corrected chi connectivity index (χ2v) is 10.7. The van der Waals surface area contributed by atoms with Gasteiger partial charge in [0.1, 0.15) is 35.8 Å². The van der Waals surface area contributed by atoms with Crippen molar-refractivity contribution in [2.75, 3.05) is 77.1 Å². The largest absolute Gasteiger partial charge is 0.494 e. The molecule has 51 heavy (non-hydrogen) atoms. The number of aliphatic imine (C=N–C) groups is 3. The van der Waals surface area contributed by atoms with Crippen LogP contribution in [-0.2, 0) is 4.79 Å². The lowest BCUT2D eigenvalue weighted by Crippen LogP contribution is -2.34. The molecule has 0 radical (unpaired) electrons. The van der Waals surface area contributed by atoms with Crippen molar-refractivity contribution in [2.24, 2.45) is 32.2 Å². The van der Waals surface area contributed by atoms with E-state index in [4.69, 9.17) is 26.7 Å². The molecule has 0 spiro atoms. The molecule has 0 atom stereocenters. The molecule has 2 amide bonds. The van der Waals surface area contributed by atoms with Gasteiger partial charge in [-0.05, 0) is 57.9 Å². The van der Waals surface area contributed by atoms with Crippen molar-refractivity contribution < 1.29 is 23.9 Å². The third-order valence-corrected chi connectivity index (χ3v) is 7.10. The molecule has 0 bridgehead atoms. The topological polar surface area (TPSA) is 227 Å². The number of methoxy groups -OCH3 is 1. The van der Waals surface area contributed by atoms with E-state index < -0.39 is 11.8 Å². The number of ether oxygens (including phenoxy) is 2. The maximum absolute atomic E-state index is 12.2. The molecule has 2 aromatic carbocycles. The van der Waals surface area contributed by atoms with Gasteiger partial charge >= 0.3 is 0 Å². The number of allylic oxidation sites excluding steroid dienone is 1. The number of nitrogens with one attached hydrogen (secondary N) is 3. The monoisotopic (exact) mass is 703 g/mol. The summed E-state index contributed by atoms with van der Waals surface area (Å²) in [6.07, 6.45) is 11.7. The Morgan fingerprint density at radius 1 is 0.863 bits per heavy atom. The van der Waals surface area contributed by atoms with Gasteiger partial charge in [0.25, 0.3) is 0 Å². The number of benzene rings is 2. The number of anilines is 2. The second-order valence-electron chi connectivity index (χ2n) is 10.7. The molecule has 0 saturated carbocycles. The van der Waals surface area contributed by atoms with Crippen LogP contribution in [0.25, 0.3) is 0 Å². The van der Waals surface area contributed by atoms with Crippen LogP contribution in [-0.4, -0.2) is 105 Å². The highest BCUT2D eigenvalue weighted by atomic mass is 16.5. The molecule has 2 aromatic rings. The lowest BCUT2D eigenvalue weighted by atomic mass is 10.1. The van der Waals surface area contributed by atoms with Crippen LogP contribution in [0.3, 0.4) is 0 Å². The summed E-state index contributed by atoms with van der Waals surface area (Å²) in [5, 5.41) is 9.32. The molecule has 16 heteroatoms. The highest BCUT2D eigenvalue weighted by Gasteiger charge is 2.21. The zero-order chi connectivity index (χ0) is 37.6. The Bertz CT molecular complexity index is 1620. The summed E-state index contributed by atoms with van der Waals surface area (Å²) >= 11 is 0. The highest BCUT2D eigenvalue weighted by Crippen LogP contribution is 2.40. The zero-order valence-corrected chi connectivity index (χ0v) is 29.4. The first-order chi connectivity index (χ1) is 24.7. The maximum atomic E-state index is 12.2. The fourth-order valence-corrected chi connectivity index (χ4v) is 4.78. The van der Waals surface area contributed by atoms with Crippen LogP contribution in [0.1, 0.15) is 27.1 Å². The van der Waals surface area contributed by atoms with Crippen molar-refractivity contribution in [1.29, 1.82) is 0 Å². The van der Waals surface area contributed by atoms with E-state index in [1.165, 1.54) is 13.3 Å². The van der Waals surface area contributed by atoms with Crippen molar-refractivity contribution in [3.8, 4) is 11.5 Å². The standard InChI is InChI=1S/C35H49N11O5/c1-39-23-45(32-28(41-3)17-25(34(37)48)19-30(32)50-5)13-7-8-14-46(24-40-2)33-29(42-4)18-26(35(38)49)20-31(33)51-16-9-6-11-43-22-27(21-36)44-12-10-15-47/h6-9,15,17-22,39-40,44H,3-4,10-14,16,23-24,36H2,1-2,5H3,(H2,37,48)(H2,38,49)/b8-7+,9-6+,27-21+,43-22?. The number of hydrogen-bond donors (Lipinski definition) is 6. The first kappa shape index (κ1) is 41.2. The molecule has 274 valence electrons. The predicted molar refractivity (Wildman–Crippen MR) is 206 cm³/mol. The van der Waals surface area contributed by atoms with E-state index in [-0.39, 0.29) is 17.7 Å². The van der Waals surface area contributed by atoms with Crippen LogP contribution in [0.4, 0.5) is 22.7 Å². The van der Waals surface area contributed by atoms with E-state index in [1.54, 1.807) is 36.6 Å². The van der Waals surface area contributed by atoms with E-state index in [0.717, 1.165) is 6.29 Å². The molecule has 0 unspecified atom stereocenters. The lowest BCUT2D eigenvalue weighted by Gasteiger charge is -2.28. The summed E-state index contributed by atoms with van der Waals surface area (Å²) in [6.45, 7) is 10.0. The molecular formula is C35H49N11O5. The summed E-state index contributed by atoms with van der Waals surface area (Å²) < 4.78 is 11.7. The van der Waals surface area contributed by atoms with Gasteiger partial charge in [0, 0.05) is 49.6 Å². The Labute approximate surface area is 298 Å². The lowest BCUT2D eigenvalue weighted by molar-refractivity contribution is -0.107. The second kappa shape index (κ2) is 22.6. The third-order valence-electron chi connectivity index (χ3n) is 7.10. The molecule has 0 saturated heterocycles. The number of hydrogen-bond acceptors (Lipinski definition) is 14. The van der Waals surface area contributed by atoms with Crippen molar-refractivity contribution in [1.82, 2.24) is 16.0 Å². The van der Waals surface area contributed by atoms with Crippen molar-refractivity contribution in [3.63, 3.8) is 0 Å². The van der Waals surface area contributed by atoms with Crippen LogP contribution < -0.4 is 52.4 Å². The Morgan fingerprint density at radius 3 is 1.88 bits per heavy atom. The maximum Gasteiger partial charge on any atom is 0.248 e. The molecule has 0 fully saturated rings. The molecule has 0 heterocycles. The van der Waals surface area contributed by atoms with Gasteiger partial charge in [-0.15, -0.1) is 0 Å². The van der Waals surface area contributed by atoms with Crippen LogP contribution in [0.5, 0.6) is 11.5 Å². The fraction of sp³-hybridized carbons (Fsp3) is 0.314. The summed E-state index contributed by atoms with van der Waals surface area (Å²) in [4.78, 5) is 51.1. The van der Waals surface area contributed by atoms with Gasteiger partial charge in [-0.25, -0.2) is 0 Å². The van der Waals surface area contributed by atoms with E-state index in [1.807, 2.05) is 42.1 Å². The van der Waals surface area contributed by atoms with Gasteiger partial charge in [-0.1, -0.05) is 18.2 Å². The number of carbonyl (C=O) groups excluding carboxylic acids is 3. The third kappa shape index (κ3) is 12.8. The quantitative estimate of drug-likeness (QED) is 0.0287. The molecule has 9 N–H and O–H groups in total. The normalized spacial score (nSPS) is 11.5. The SMILES string of the molecule is C=Nc1cc(C(N)=O)cc(OC)c1N(C/C=C/CN(CNC)c1c(N=C)cc(C(N)=O)cc1OC/C=C/CN=C/C(=C\N)NCCC=O)CNC. The molecule has 0 aliphatic rings. The number of nitrogens with two attached hydrogens (primary N) is 3. The van der Waals surface area contributed by atoms with Gasteiger partial charge in [-0.2, -0.15) is 0 Å². The van der Waals surface area contributed by atoms with Gasteiger partial charge < -0.3 is 57.2 Å². The molecular weight excluding hydrogens is 654 g/mol. The smallest absolute Gasteiger partial charge is 0.248 e. The first-order valence-corrected chi connectivity index (χ1v) is 15.9. The molecule has 0 aliphatic carbocycles. The number of amides is 2. The Hall–Kier alpha value is -6.00. The zero-order valence-electron chi connectivity index (χ0n) is 29.4. The van der Waals surface area contributed by atoms with E-state index in [2.05, 4.69) is 44.4 Å². The van der Waals surface area contributed by atoms with Gasteiger partial charge in [0.15, 0.2) is 0 Å². The molecule has 2 rings (SSSR count). The van der Waals surface area contributed by atoms with E-state index >= 15 is 0 Å². The average Bonchev–Trinajstić information content (AvgIpc) is 3.13. The minimum absolute atomic E-state index is 0.163. The van der Waals surface area contributed by atoms with Gasteiger partial charge in [0.05, 0.1) is 44.1 Å². The van der Waals surface area contributed by atoms with E-state index in [9.17, 15) is 14.4 Å². The number of rotatable bonds is 25. The summed E-state index contributed by atoms with van der Waals surface area (Å²) in [6, 6.07) is 6.29. The minimum atomic E-state index is -0.635. The van der Waals surface area contributed by atoms with Crippen molar-refractivity contribution in [2.45, 2.75) is 6.42 Å². The van der Waals surface area contributed by atoms with E-state index in [0.29, 0.717) is 85.9 Å². The van der Waals surface area contributed by atoms with Crippen LogP contribution >= 0.6 is 0 Å². The highest BCUT2D eigenvalue weighted by molar-refractivity contribution is 5.97. The summed E-state index contributed by atoms with van der Waals surface area (Å²) in [5.74, 6) is -0.430. The average molecular weight is 704 g/mol.